The van der Waals surface area contributed by atoms with Crippen LogP contribution in [-0.2, 0) is 0 Å². The summed E-state index contributed by atoms with van der Waals surface area (Å²) >= 11 is 1.64. The number of hydrogen-bond donors (Lipinski definition) is 1. The lowest BCUT2D eigenvalue weighted by Gasteiger charge is -2.40. The zero-order chi connectivity index (χ0) is 14.5. The average molecular weight is 292 g/mol. The Labute approximate surface area is 126 Å². The van der Waals surface area contributed by atoms with E-state index < -0.39 is 0 Å². The molecule has 110 valence electrons. The molecule has 1 aromatic carbocycles. The molecule has 0 aliphatic carbocycles. The summed E-state index contributed by atoms with van der Waals surface area (Å²) in [4.78, 5) is 16.0. The number of carbonyl (C=O) groups is 1. The molecule has 2 rings (SSSR count). The van der Waals surface area contributed by atoms with Gasteiger partial charge in [-0.15, -0.1) is 11.8 Å². The molecule has 1 heterocycles. The Morgan fingerprint density at radius 3 is 2.75 bits per heavy atom. The van der Waals surface area contributed by atoms with Gasteiger partial charge in [0, 0.05) is 30.1 Å². The van der Waals surface area contributed by atoms with Crippen LogP contribution in [0.5, 0.6) is 0 Å². The summed E-state index contributed by atoms with van der Waals surface area (Å²) in [6, 6.07) is 8.64. The third-order valence-electron chi connectivity index (χ3n) is 4.06. The lowest BCUT2D eigenvalue weighted by atomic mass is 10.0. The van der Waals surface area contributed by atoms with E-state index >= 15 is 0 Å². The Morgan fingerprint density at radius 1 is 1.35 bits per heavy atom. The molecule has 3 nitrogen and oxygen atoms in total. The van der Waals surface area contributed by atoms with Crippen molar-refractivity contribution < 1.29 is 4.79 Å². The van der Waals surface area contributed by atoms with Crippen molar-refractivity contribution in [3.05, 3.63) is 29.8 Å². The number of amides is 1. The minimum atomic E-state index is 0.182. The summed E-state index contributed by atoms with van der Waals surface area (Å²) in [5.41, 5.74) is 0.843. The molecular formula is C16H24N2OS. The van der Waals surface area contributed by atoms with Crippen molar-refractivity contribution in [2.24, 2.45) is 0 Å². The third-order valence-corrected chi connectivity index (χ3v) is 4.86. The number of nitrogens with zero attached hydrogens (tertiary/aromatic N) is 1. The van der Waals surface area contributed by atoms with Gasteiger partial charge >= 0.3 is 0 Å². The fourth-order valence-corrected chi connectivity index (χ4v) is 3.32. The molecule has 0 spiro atoms. The number of benzene rings is 1. The molecule has 2 atom stereocenters. The second kappa shape index (κ2) is 7.14. The van der Waals surface area contributed by atoms with Crippen LogP contribution in [0.3, 0.4) is 0 Å². The van der Waals surface area contributed by atoms with Gasteiger partial charge < -0.3 is 10.2 Å². The minimum absolute atomic E-state index is 0.182. The topological polar surface area (TPSA) is 32.3 Å². The normalized spacial score (nSPS) is 22.9. The van der Waals surface area contributed by atoms with Crippen molar-refractivity contribution >= 4 is 17.7 Å². The van der Waals surface area contributed by atoms with Crippen LogP contribution in [-0.4, -0.2) is 42.2 Å². The van der Waals surface area contributed by atoms with E-state index in [1.54, 1.807) is 11.8 Å². The summed E-state index contributed by atoms with van der Waals surface area (Å²) in [7, 11) is 0. The van der Waals surface area contributed by atoms with E-state index in [4.69, 9.17) is 0 Å². The van der Waals surface area contributed by atoms with Crippen molar-refractivity contribution in [3.63, 3.8) is 0 Å². The summed E-state index contributed by atoms with van der Waals surface area (Å²) in [6.45, 7) is 6.04. The van der Waals surface area contributed by atoms with Crippen molar-refractivity contribution in [1.82, 2.24) is 10.2 Å². The SMILES string of the molecule is CCC1CN(C(=O)c2ccccc2SC)C(CC)CN1. The molecule has 1 aliphatic rings. The van der Waals surface area contributed by atoms with Crippen LogP contribution < -0.4 is 5.32 Å². The highest BCUT2D eigenvalue weighted by atomic mass is 32.2. The second-order valence-corrected chi connectivity index (χ2v) is 6.08. The van der Waals surface area contributed by atoms with Gasteiger partial charge in [-0.2, -0.15) is 0 Å². The molecule has 1 saturated heterocycles. The van der Waals surface area contributed by atoms with Crippen molar-refractivity contribution in [2.45, 2.75) is 43.7 Å². The zero-order valence-corrected chi connectivity index (χ0v) is 13.4. The minimum Gasteiger partial charge on any atom is -0.333 e. The second-order valence-electron chi connectivity index (χ2n) is 5.23. The molecular weight excluding hydrogens is 268 g/mol. The van der Waals surface area contributed by atoms with E-state index in [1.165, 1.54) is 0 Å². The third kappa shape index (κ3) is 3.18. The van der Waals surface area contributed by atoms with E-state index in [-0.39, 0.29) is 5.91 Å². The molecule has 0 aromatic heterocycles. The highest BCUT2D eigenvalue weighted by Gasteiger charge is 2.30. The van der Waals surface area contributed by atoms with E-state index in [9.17, 15) is 4.79 Å². The van der Waals surface area contributed by atoms with Crippen LogP contribution in [0.1, 0.15) is 37.0 Å². The van der Waals surface area contributed by atoms with E-state index in [2.05, 4.69) is 24.1 Å². The Hall–Kier alpha value is -1.00. The quantitative estimate of drug-likeness (QED) is 0.866. The summed E-state index contributed by atoms with van der Waals surface area (Å²) in [6.07, 6.45) is 4.08. The van der Waals surface area contributed by atoms with Crippen LogP contribution >= 0.6 is 11.8 Å². The number of rotatable bonds is 4. The largest absolute Gasteiger partial charge is 0.333 e. The first-order valence-corrected chi connectivity index (χ1v) is 8.61. The smallest absolute Gasteiger partial charge is 0.255 e. The summed E-state index contributed by atoms with van der Waals surface area (Å²) in [5.74, 6) is 0.182. The molecule has 1 aromatic rings. The number of nitrogens with one attached hydrogen (secondary N) is 1. The molecule has 20 heavy (non-hydrogen) atoms. The van der Waals surface area contributed by atoms with Crippen LogP contribution in [0, 0.1) is 0 Å². The summed E-state index contributed by atoms with van der Waals surface area (Å²) < 4.78 is 0. The van der Waals surface area contributed by atoms with Gasteiger partial charge in [-0.3, -0.25) is 4.79 Å². The molecule has 0 bridgehead atoms. The van der Waals surface area contributed by atoms with Crippen LogP contribution in [0.4, 0.5) is 0 Å². The van der Waals surface area contributed by atoms with Gasteiger partial charge in [0.1, 0.15) is 0 Å². The fraction of sp³-hybridized carbons (Fsp3) is 0.562. The Kier molecular flexibility index (Phi) is 5.49. The first kappa shape index (κ1) is 15.4. The maximum absolute atomic E-state index is 12.9. The van der Waals surface area contributed by atoms with Crippen LogP contribution in [0.2, 0.25) is 0 Å². The van der Waals surface area contributed by atoms with E-state index in [0.717, 1.165) is 36.4 Å². The van der Waals surface area contributed by atoms with Gasteiger partial charge in [-0.25, -0.2) is 0 Å². The molecule has 4 heteroatoms. The summed E-state index contributed by atoms with van der Waals surface area (Å²) in [5, 5.41) is 3.54. The monoisotopic (exact) mass is 292 g/mol. The average Bonchev–Trinajstić information content (AvgIpc) is 2.53. The molecule has 1 aliphatic heterocycles. The van der Waals surface area contributed by atoms with Crippen LogP contribution in [0.15, 0.2) is 29.2 Å². The molecule has 1 amide bonds. The van der Waals surface area contributed by atoms with Gasteiger partial charge in [-0.1, -0.05) is 26.0 Å². The Balaban J connectivity index is 2.24. The highest BCUT2D eigenvalue weighted by molar-refractivity contribution is 7.98. The first-order chi connectivity index (χ1) is 9.71. The van der Waals surface area contributed by atoms with Gasteiger partial charge in [0.25, 0.3) is 5.91 Å². The standard InChI is InChI=1S/C16H24N2OS/c1-4-12-11-18(13(5-2)10-17-12)16(19)14-8-6-7-9-15(14)20-3/h6-9,12-13,17H,4-5,10-11H2,1-3H3. The number of carbonyl (C=O) groups excluding carboxylic acids is 1. The molecule has 0 radical (unpaired) electrons. The van der Waals surface area contributed by atoms with Crippen LogP contribution in [0.25, 0.3) is 0 Å². The number of hydrogen-bond acceptors (Lipinski definition) is 3. The molecule has 1 fully saturated rings. The lowest BCUT2D eigenvalue weighted by molar-refractivity contribution is 0.0572. The predicted molar refractivity (Wildman–Crippen MR) is 85.4 cm³/mol. The first-order valence-electron chi connectivity index (χ1n) is 7.38. The van der Waals surface area contributed by atoms with E-state index in [1.807, 2.05) is 30.5 Å². The van der Waals surface area contributed by atoms with Crippen molar-refractivity contribution in [1.29, 1.82) is 0 Å². The molecule has 0 saturated carbocycles. The van der Waals surface area contributed by atoms with Crippen molar-refractivity contribution in [2.75, 3.05) is 19.3 Å². The number of piperazine rings is 1. The molecule has 2 unspecified atom stereocenters. The predicted octanol–water partition coefficient (Wildman–Crippen LogP) is 3.01. The Morgan fingerprint density at radius 2 is 2.10 bits per heavy atom. The Bertz CT molecular complexity index is 464. The van der Waals surface area contributed by atoms with Gasteiger partial charge in [0.05, 0.1) is 5.56 Å². The maximum Gasteiger partial charge on any atom is 0.255 e. The van der Waals surface area contributed by atoms with Gasteiger partial charge in [0.15, 0.2) is 0 Å². The zero-order valence-electron chi connectivity index (χ0n) is 12.6. The fourth-order valence-electron chi connectivity index (χ4n) is 2.73. The lowest BCUT2D eigenvalue weighted by Crippen LogP contribution is -2.57. The maximum atomic E-state index is 12.9. The van der Waals surface area contributed by atoms with Gasteiger partial charge in [-0.05, 0) is 31.2 Å². The highest BCUT2D eigenvalue weighted by Crippen LogP contribution is 2.24. The van der Waals surface area contributed by atoms with E-state index in [0.29, 0.717) is 12.1 Å². The number of thioether (sulfide) groups is 1. The van der Waals surface area contributed by atoms with Gasteiger partial charge in [0.2, 0.25) is 0 Å². The van der Waals surface area contributed by atoms with Crippen molar-refractivity contribution in [3.8, 4) is 0 Å². The molecule has 1 N–H and O–H groups in total.